The van der Waals surface area contributed by atoms with Crippen LogP contribution in [0.25, 0.3) is 0 Å². The van der Waals surface area contributed by atoms with Crippen molar-refractivity contribution >= 4 is 23.2 Å². The van der Waals surface area contributed by atoms with Crippen LogP contribution in [-0.4, -0.2) is 11.6 Å². The number of alkyl halides is 6. The lowest BCUT2D eigenvalue weighted by Gasteiger charge is -2.15. The van der Waals surface area contributed by atoms with Gasteiger partial charge in [0, 0.05) is 0 Å². The van der Waals surface area contributed by atoms with Gasteiger partial charge in [-0.2, -0.15) is 22.0 Å². The molecule has 0 nitrogen and oxygen atoms in total. The molecule has 0 aromatic heterocycles. The quantitative estimate of drug-likeness (QED) is 0.452. The van der Waals surface area contributed by atoms with Gasteiger partial charge in [0.1, 0.15) is 0 Å². The minimum atomic E-state index is -5.26. The normalized spacial score (nSPS) is 14.4. The van der Waals surface area contributed by atoms with E-state index in [0.717, 1.165) is 0 Å². The van der Waals surface area contributed by atoms with Crippen molar-refractivity contribution in [3.8, 4) is 0 Å². The van der Waals surface area contributed by atoms with Gasteiger partial charge in [0.15, 0.2) is 0 Å². The van der Waals surface area contributed by atoms with Crippen molar-refractivity contribution in [2.45, 2.75) is 11.6 Å². The summed E-state index contributed by atoms with van der Waals surface area (Å²) in [4.78, 5) is 0. The van der Waals surface area contributed by atoms with Gasteiger partial charge >= 0.3 is 11.6 Å². The van der Waals surface area contributed by atoms with Gasteiger partial charge in [0.2, 0.25) is 0 Å². The first-order valence-corrected chi connectivity index (χ1v) is 2.58. The molecule has 0 rings (SSSR count). The van der Waals surface area contributed by atoms with E-state index < -0.39 is 16.9 Å². The Balaban J connectivity index is 4.23. The molecule has 10 heavy (non-hydrogen) atoms. The molecule has 0 saturated carbocycles. The standard InChI is InChI=1S/C3Cl2F5/c4-1(2(5,6)7)3(8,9)10. The van der Waals surface area contributed by atoms with Crippen molar-refractivity contribution in [3.63, 3.8) is 0 Å². The van der Waals surface area contributed by atoms with E-state index in [9.17, 15) is 22.0 Å². The smallest absolute Gasteiger partial charge is 0.186 e. The lowest BCUT2D eigenvalue weighted by molar-refractivity contribution is -0.128. The van der Waals surface area contributed by atoms with Crippen LogP contribution in [0.1, 0.15) is 0 Å². The highest BCUT2D eigenvalue weighted by Crippen LogP contribution is 2.44. The fraction of sp³-hybridized carbons (Fsp3) is 0.667. The molecule has 0 atom stereocenters. The van der Waals surface area contributed by atoms with Crippen LogP contribution in [0, 0.1) is 5.38 Å². The van der Waals surface area contributed by atoms with Crippen molar-refractivity contribution in [3.05, 3.63) is 5.38 Å². The average Bonchev–Trinajstić information content (AvgIpc) is 1.59. The highest BCUT2D eigenvalue weighted by atomic mass is 35.5. The highest BCUT2D eigenvalue weighted by molar-refractivity contribution is 6.36. The van der Waals surface area contributed by atoms with Gasteiger partial charge in [0.05, 0.1) is 0 Å². The minimum absolute atomic E-state index is 2.53. The molecule has 0 heterocycles. The lowest BCUT2D eigenvalue weighted by atomic mass is 10.4. The molecule has 0 aliphatic carbocycles. The molecule has 1 radical (unpaired) electrons. The van der Waals surface area contributed by atoms with Crippen LogP contribution in [-0.2, 0) is 0 Å². The second-order valence-corrected chi connectivity index (χ2v) is 2.16. The van der Waals surface area contributed by atoms with E-state index in [-0.39, 0.29) is 0 Å². The third-order valence-corrected chi connectivity index (χ3v) is 1.24. The molecule has 0 N–H and O–H groups in total. The van der Waals surface area contributed by atoms with Crippen molar-refractivity contribution in [1.29, 1.82) is 0 Å². The summed E-state index contributed by atoms with van der Waals surface area (Å²) < 4.78 is 56.6. The zero-order valence-corrected chi connectivity index (χ0v) is 5.66. The molecule has 0 aromatic carbocycles. The Morgan fingerprint density at radius 2 is 1.30 bits per heavy atom. The van der Waals surface area contributed by atoms with Crippen LogP contribution in [0.15, 0.2) is 0 Å². The van der Waals surface area contributed by atoms with Gasteiger partial charge in [-0.05, 0) is 11.6 Å². The van der Waals surface area contributed by atoms with E-state index in [1.165, 1.54) is 0 Å². The Kier molecular flexibility index (Phi) is 2.76. The summed E-state index contributed by atoms with van der Waals surface area (Å²) in [7, 11) is 0. The van der Waals surface area contributed by atoms with E-state index >= 15 is 0 Å². The molecular weight excluding hydrogens is 202 g/mol. The van der Waals surface area contributed by atoms with Crippen molar-refractivity contribution in [2.24, 2.45) is 0 Å². The highest BCUT2D eigenvalue weighted by Gasteiger charge is 2.55. The molecule has 0 unspecified atom stereocenters. The average molecular weight is 202 g/mol. The van der Waals surface area contributed by atoms with E-state index in [4.69, 9.17) is 0 Å². The van der Waals surface area contributed by atoms with Crippen LogP contribution in [0.3, 0.4) is 0 Å². The van der Waals surface area contributed by atoms with Gasteiger partial charge in [-0.25, -0.2) is 0 Å². The van der Waals surface area contributed by atoms with Gasteiger partial charge in [0.25, 0.3) is 5.38 Å². The lowest BCUT2D eigenvalue weighted by Crippen LogP contribution is -2.28. The Hall–Kier alpha value is 0.230. The third-order valence-electron chi connectivity index (χ3n) is 0.498. The predicted octanol–water partition coefficient (Wildman–Crippen LogP) is 3.15. The summed E-state index contributed by atoms with van der Waals surface area (Å²) in [6, 6.07) is 0. The first kappa shape index (κ1) is 10.2. The summed E-state index contributed by atoms with van der Waals surface area (Å²) in [6.07, 6.45) is -5.26. The molecule has 0 spiro atoms. The molecule has 0 aromatic rings. The zero-order chi connectivity index (χ0) is 8.58. The second-order valence-electron chi connectivity index (χ2n) is 1.31. The minimum Gasteiger partial charge on any atom is -0.186 e. The maximum atomic E-state index is 11.5. The summed E-state index contributed by atoms with van der Waals surface area (Å²) in [5.74, 6) is 0. The van der Waals surface area contributed by atoms with Crippen LogP contribution in [0.2, 0.25) is 0 Å². The van der Waals surface area contributed by atoms with E-state index in [1.807, 2.05) is 0 Å². The molecule has 0 fully saturated rings. The molecule has 61 valence electrons. The largest absolute Gasteiger partial charge is 0.417 e. The summed E-state index contributed by atoms with van der Waals surface area (Å²) in [5, 5.41) is -7.05. The molecule has 0 saturated heterocycles. The number of hydrogen-bond acceptors (Lipinski definition) is 0. The molecule has 0 aliphatic heterocycles. The maximum Gasteiger partial charge on any atom is 0.417 e. The van der Waals surface area contributed by atoms with Gasteiger partial charge in [-0.15, -0.1) is 0 Å². The Labute approximate surface area is 62.9 Å². The van der Waals surface area contributed by atoms with Crippen LogP contribution >= 0.6 is 23.2 Å². The molecule has 0 amide bonds. The van der Waals surface area contributed by atoms with Crippen molar-refractivity contribution in [1.82, 2.24) is 0 Å². The van der Waals surface area contributed by atoms with Crippen LogP contribution in [0.5, 0.6) is 0 Å². The first-order valence-electron chi connectivity index (χ1n) is 1.82. The molecule has 0 aliphatic rings. The molecule has 0 bridgehead atoms. The van der Waals surface area contributed by atoms with Crippen molar-refractivity contribution < 1.29 is 22.0 Å². The number of hydrogen-bond donors (Lipinski definition) is 0. The third kappa shape index (κ3) is 2.88. The maximum absolute atomic E-state index is 11.5. The fourth-order valence-corrected chi connectivity index (χ4v) is 0.268. The number of rotatable bonds is 1. The first-order chi connectivity index (χ1) is 4.15. The van der Waals surface area contributed by atoms with E-state index in [1.54, 1.807) is 0 Å². The van der Waals surface area contributed by atoms with E-state index in [0.29, 0.717) is 0 Å². The topological polar surface area (TPSA) is 0 Å². The van der Waals surface area contributed by atoms with Crippen LogP contribution < -0.4 is 0 Å². The Bertz CT molecular complexity index is 99.0. The summed E-state index contributed by atoms with van der Waals surface area (Å²) in [6.45, 7) is 0. The Morgan fingerprint density at radius 3 is 1.30 bits per heavy atom. The molecule has 7 heteroatoms. The van der Waals surface area contributed by atoms with Gasteiger partial charge in [-0.3, -0.25) is 0 Å². The van der Waals surface area contributed by atoms with Gasteiger partial charge in [-0.1, -0.05) is 11.6 Å². The second kappa shape index (κ2) is 2.70. The van der Waals surface area contributed by atoms with E-state index in [2.05, 4.69) is 23.2 Å². The number of halogens is 7. The zero-order valence-electron chi connectivity index (χ0n) is 4.15. The van der Waals surface area contributed by atoms with Crippen molar-refractivity contribution in [2.75, 3.05) is 0 Å². The SMILES string of the molecule is FC(F)(F)[C](Cl)C(F)(F)Cl. The fourth-order valence-electron chi connectivity index (χ4n) is 0.161. The molecular formula is C3Cl2F5. The Morgan fingerprint density at radius 1 is 1.00 bits per heavy atom. The summed E-state index contributed by atoms with van der Waals surface area (Å²) in [5.41, 5.74) is 0. The predicted molar refractivity (Wildman–Crippen MR) is 26.0 cm³/mol. The van der Waals surface area contributed by atoms with Gasteiger partial charge < -0.3 is 0 Å². The van der Waals surface area contributed by atoms with Crippen LogP contribution in [0.4, 0.5) is 22.0 Å². The summed E-state index contributed by atoms with van der Waals surface area (Å²) >= 11 is 8.09. The monoisotopic (exact) mass is 201 g/mol.